The third-order valence-corrected chi connectivity index (χ3v) is 4.48. The van der Waals surface area contributed by atoms with Gasteiger partial charge >= 0.3 is 0 Å². The molecule has 35 heavy (non-hydrogen) atoms. The summed E-state index contributed by atoms with van der Waals surface area (Å²) < 4.78 is 21.8. The number of para-hydroxylation sites is 3. The van der Waals surface area contributed by atoms with Crippen LogP contribution in [-0.2, 0) is 0 Å². The van der Waals surface area contributed by atoms with Crippen LogP contribution in [0.1, 0.15) is 6.92 Å². The summed E-state index contributed by atoms with van der Waals surface area (Å²) in [6, 6.07) is 18.5. The van der Waals surface area contributed by atoms with Gasteiger partial charge in [-0.25, -0.2) is 15.0 Å². The van der Waals surface area contributed by atoms with Gasteiger partial charge in [0.2, 0.25) is 11.6 Å². The molecule has 0 atom stereocenters. The number of hydrogen-bond acceptors (Lipinski definition) is 9. The van der Waals surface area contributed by atoms with Crippen molar-refractivity contribution in [3.05, 3.63) is 78.2 Å². The Hall–Kier alpha value is -3.95. The summed E-state index contributed by atoms with van der Waals surface area (Å²) in [7, 11) is 1.53. The Morgan fingerprint density at radius 3 is 2.17 bits per heavy atom. The van der Waals surface area contributed by atoms with Crippen LogP contribution in [0.15, 0.2) is 73.1 Å². The summed E-state index contributed by atoms with van der Waals surface area (Å²) in [5, 5.41) is 9.07. The van der Waals surface area contributed by atoms with Gasteiger partial charge in [-0.1, -0.05) is 41.9 Å². The molecule has 0 saturated carbocycles. The van der Waals surface area contributed by atoms with Gasteiger partial charge in [-0.05, 0) is 37.3 Å². The van der Waals surface area contributed by atoms with Crippen LogP contribution in [0.5, 0.6) is 28.9 Å². The van der Waals surface area contributed by atoms with Gasteiger partial charge in [0.1, 0.15) is 12.4 Å². The first-order valence-corrected chi connectivity index (χ1v) is 11.1. The summed E-state index contributed by atoms with van der Waals surface area (Å²) in [4.78, 5) is 16.6. The zero-order valence-electron chi connectivity index (χ0n) is 19.3. The summed E-state index contributed by atoms with van der Waals surface area (Å²) >= 11 is 6.29. The molecule has 0 aliphatic heterocycles. The molecule has 0 fully saturated rings. The van der Waals surface area contributed by atoms with E-state index in [9.17, 15) is 0 Å². The lowest BCUT2D eigenvalue weighted by molar-refractivity contribution is 0.192. The van der Waals surface area contributed by atoms with Gasteiger partial charge < -0.3 is 24.1 Å². The van der Waals surface area contributed by atoms with Crippen LogP contribution in [0, 0.1) is 0 Å². The third kappa shape index (κ3) is 7.53. The normalized spacial score (nSPS) is 10.1. The van der Waals surface area contributed by atoms with E-state index in [2.05, 4.69) is 19.9 Å². The SMILES string of the molecule is CCOc1ccccc1.COc1ccccc1Oc1c(Cl)nc(-c2ncccn2)nc1OCCO. The number of hydrogen-bond donors (Lipinski definition) is 1. The number of aliphatic hydroxyl groups is 1. The second kappa shape index (κ2) is 13.7. The van der Waals surface area contributed by atoms with Crippen molar-refractivity contribution in [3.63, 3.8) is 0 Å². The summed E-state index contributed by atoms with van der Waals surface area (Å²) in [6.07, 6.45) is 3.13. The molecule has 0 aliphatic rings. The quantitative estimate of drug-likeness (QED) is 0.325. The highest BCUT2D eigenvalue weighted by Crippen LogP contribution is 2.40. The third-order valence-electron chi connectivity index (χ3n) is 4.22. The van der Waals surface area contributed by atoms with Crippen LogP contribution >= 0.6 is 11.6 Å². The van der Waals surface area contributed by atoms with Crippen LogP contribution in [0.2, 0.25) is 5.15 Å². The molecule has 0 amide bonds. The fraction of sp³-hybridized carbons (Fsp3) is 0.200. The Labute approximate surface area is 208 Å². The van der Waals surface area contributed by atoms with E-state index in [4.69, 9.17) is 35.7 Å². The maximum Gasteiger partial charge on any atom is 0.263 e. The van der Waals surface area contributed by atoms with Gasteiger partial charge in [0.25, 0.3) is 5.88 Å². The first-order chi connectivity index (χ1) is 17.2. The maximum absolute atomic E-state index is 9.06. The van der Waals surface area contributed by atoms with Crippen molar-refractivity contribution < 1.29 is 24.1 Å². The van der Waals surface area contributed by atoms with E-state index in [0.29, 0.717) is 11.5 Å². The van der Waals surface area contributed by atoms with Crippen LogP contribution < -0.4 is 18.9 Å². The molecule has 0 saturated heterocycles. The largest absolute Gasteiger partial charge is 0.494 e. The minimum atomic E-state index is -0.201. The lowest BCUT2D eigenvalue weighted by Crippen LogP contribution is -2.07. The Balaban J connectivity index is 0.000000320. The van der Waals surface area contributed by atoms with Crippen molar-refractivity contribution in [1.29, 1.82) is 0 Å². The van der Waals surface area contributed by atoms with E-state index >= 15 is 0 Å². The lowest BCUT2D eigenvalue weighted by atomic mass is 10.3. The molecule has 182 valence electrons. The second-order valence-corrected chi connectivity index (χ2v) is 6.97. The lowest BCUT2D eigenvalue weighted by Gasteiger charge is -2.14. The topological polar surface area (TPSA) is 109 Å². The number of methoxy groups -OCH3 is 1. The molecule has 0 spiro atoms. The van der Waals surface area contributed by atoms with Gasteiger partial charge in [0, 0.05) is 12.4 Å². The molecule has 10 heteroatoms. The molecule has 9 nitrogen and oxygen atoms in total. The highest BCUT2D eigenvalue weighted by atomic mass is 35.5. The number of aromatic nitrogens is 4. The molecule has 2 heterocycles. The van der Waals surface area contributed by atoms with Crippen molar-refractivity contribution in [2.24, 2.45) is 0 Å². The summed E-state index contributed by atoms with van der Waals surface area (Å²) in [5.74, 6) is 2.49. The van der Waals surface area contributed by atoms with Gasteiger partial charge in [-0.2, -0.15) is 4.98 Å². The molecule has 0 bridgehead atoms. The van der Waals surface area contributed by atoms with Crippen LogP contribution in [-0.4, -0.2) is 52.0 Å². The van der Waals surface area contributed by atoms with E-state index in [-0.39, 0.29) is 41.6 Å². The number of halogens is 1. The number of ether oxygens (including phenoxy) is 4. The van der Waals surface area contributed by atoms with Crippen LogP contribution in [0.25, 0.3) is 11.6 Å². The average molecular weight is 497 g/mol. The van der Waals surface area contributed by atoms with Gasteiger partial charge in [0.15, 0.2) is 22.5 Å². The van der Waals surface area contributed by atoms with Gasteiger partial charge in [-0.3, -0.25) is 0 Å². The van der Waals surface area contributed by atoms with Crippen molar-refractivity contribution in [3.8, 4) is 40.5 Å². The van der Waals surface area contributed by atoms with E-state index in [1.165, 1.54) is 7.11 Å². The van der Waals surface area contributed by atoms with E-state index in [1.807, 2.05) is 43.3 Å². The number of benzene rings is 2. The van der Waals surface area contributed by atoms with Crippen molar-refractivity contribution in [2.45, 2.75) is 6.92 Å². The highest BCUT2D eigenvalue weighted by molar-refractivity contribution is 6.31. The Bertz CT molecular complexity index is 1180. The molecule has 0 aliphatic carbocycles. The van der Waals surface area contributed by atoms with E-state index in [0.717, 1.165) is 12.4 Å². The van der Waals surface area contributed by atoms with Crippen LogP contribution in [0.3, 0.4) is 0 Å². The molecule has 0 radical (unpaired) electrons. The standard InChI is InChI=1S/C17H15ClN4O4.C8H10O/c1-24-11-5-2-3-6-12(11)26-13-14(18)21-16(15-19-7-4-8-20-15)22-17(13)25-10-9-23;1-2-9-8-6-4-3-5-7-8/h2-8,23H,9-10H2,1H3;3-7H,2H2,1H3. The Kier molecular flexibility index (Phi) is 10.0. The molecule has 2 aromatic carbocycles. The molecule has 2 aromatic heterocycles. The van der Waals surface area contributed by atoms with E-state index in [1.54, 1.807) is 36.7 Å². The number of rotatable bonds is 9. The summed E-state index contributed by atoms with van der Waals surface area (Å²) in [6.45, 7) is 2.52. The number of nitrogens with zero attached hydrogens (tertiary/aromatic N) is 4. The first-order valence-electron chi connectivity index (χ1n) is 10.7. The smallest absolute Gasteiger partial charge is 0.263 e. The highest BCUT2D eigenvalue weighted by Gasteiger charge is 2.20. The zero-order valence-corrected chi connectivity index (χ0v) is 20.1. The van der Waals surface area contributed by atoms with Crippen molar-refractivity contribution in [1.82, 2.24) is 19.9 Å². The zero-order chi connectivity index (χ0) is 24.9. The predicted octanol–water partition coefficient (Wildman–Crippen LogP) is 4.84. The Morgan fingerprint density at radius 1 is 0.829 bits per heavy atom. The van der Waals surface area contributed by atoms with Crippen molar-refractivity contribution in [2.75, 3.05) is 26.9 Å². The maximum atomic E-state index is 9.06. The Morgan fingerprint density at radius 2 is 1.51 bits per heavy atom. The molecule has 4 rings (SSSR count). The van der Waals surface area contributed by atoms with Crippen molar-refractivity contribution >= 4 is 11.6 Å². The second-order valence-electron chi connectivity index (χ2n) is 6.62. The molecular formula is C25H25ClN4O5. The predicted molar refractivity (Wildman–Crippen MR) is 131 cm³/mol. The molecule has 0 unspecified atom stereocenters. The minimum absolute atomic E-state index is 0.00468. The average Bonchev–Trinajstić information content (AvgIpc) is 2.91. The monoisotopic (exact) mass is 496 g/mol. The first kappa shape index (κ1) is 25.7. The fourth-order valence-corrected chi connectivity index (χ4v) is 2.94. The number of aliphatic hydroxyl groups excluding tert-OH is 1. The van der Waals surface area contributed by atoms with E-state index < -0.39 is 0 Å². The fourth-order valence-electron chi connectivity index (χ4n) is 2.74. The molecule has 1 N–H and O–H groups in total. The molecular weight excluding hydrogens is 472 g/mol. The molecule has 4 aromatic rings. The summed E-state index contributed by atoms with van der Waals surface area (Å²) in [5.41, 5.74) is 0. The van der Waals surface area contributed by atoms with Crippen LogP contribution in [0.4, 0.5) is 0 Å². The van der Waals surface area contributed by atoms with Gasteiger partial charge in [0.05, 0.1) is 20.3 Å². The minimum Gasteiger partial charge on any atom is -0.494 e. The van der Waals surface area contributed by atoms with Gasteiger partial charge in [-0.15, -0.1) is 0 Å².